The van der Waals surface area contributed by atoms with Gasteiger partial charge in [0.05, 0.1) is 6.54 Å². The van der Waals surface area contributed by atoms with E-state index >= 15 is 0 Å². The number of fused-ring (bicyclic) bond motifs is 1. The summed E-state index contributed by atoms with van der Waals surface area (Å²) in [6, 6.07) is 7.27. The SMILES string of the molecule is O=C(O)C(=C1CC1)N1Cc2ccccc2C1=O. The molecule has 0 bridgehead atoms. The highest BCUT2D eigenvalue weighted by atomic mass is 16.4. The van der Waals surface area contributed by atoms with Gasteiger partial charge in [0, 0.05) is 5.56 Å². The number of carbonyl (C=O) groups excluding carboxylic acids is 1. The molecule has 1 aromatic rings. The Balaban J connectivity index is 2.02. The number of allylic oxidation sites excluding steroid dienone is 1. The minimum absolute atomic E-state index is 0.186. The molecule has 1 aliphatic heterocycles. The first-order valence-corrected chi connectivity index (χ1v) is 5.53. The van der Waals surface area contributed by atoms with Crippen LogP contribution in [0.1, 0.15) is 28.8 Å². The number of hydrogen-bond donors (Lipinski definition) is 1. The van der Waals surface area contributed by atoms with Crippen LogP contribution in [0.25, 0.3) is 0 Å². The highest BCUT2D eigenvalue weighted by molar-refractivity contribution is 6.04. The van der Waals surface area contributed by atoms with Gasteiger partial charge in [0.15, 0.2) is 0 Å². The molecular formula is C13H11NO3. The van der Waals surface area contributed by atoms with Crippen molar-refractivity contribution in [2.24, 2.45) is 0 Å². The van der Waals surface area contributed by atoms with E-state index in [0.29, 0.717) is 12.1 Å². The normalized spacial score (nSPS) is 17.1. The molecule has 0 radical (unpaired) electrons. The predicted octanol–water partition coefficient (Wildman–Crippen LogP) is 1.77. The predicted molar refractivity (Wildman–Crippen MR) is 60.2 cm³/mol. The Morgan fingerprint density at radius 1 is 1.24 bits per heavy atom. The number of carbonyl (C=O) groups is 2. The van der Waals surface area contributed by atoms with Crippen LogP contribution >= 0.6 is 0 Å². The maximum atomic E-state index is 12.1. The average Bonchev–Trinajstić information content (AvgIpc) is 3.07. The Bertz CT molecular complexity index is 554. The molecule has 1 N–H and O–H groups in total. The van der Waals surface area contributed by atoms with Gasteiger partial charge in [-0.1, -0.05) is 18.2 Å². The number of carboxylic acids is 1. The molecule has 3 rings (SSSR count). The van der Waals surface area contributed by atoms with Crippen molar-refractivity contribution in [3.05, 3.63) is 46.7 Å². The van der Waals surface area contributed by atoms with Crippen LogP contribution in [0.3, 0.4) is 0 Å². The van der Waals surface area contributed by atoms with Gasteiger partial charge in [-0.3, -0.25) is 9.69 Å². The molecule has 4 heteroatoms. The summed E-state index contributed by atoms with van der Waals surface area (Å²) in [5.41, 5.74) is 2.58. The van der Waals surface area contributed by atoms with Crippen LogP contribution in [0.4, 0.5) is 0 Å². The lowest BCUT2D eigenvalue weighted by Gasteiger charge is -2.15. The molecular weight excluding hydrogens is 218 g/mol. The number of nitrogens with zero attached hydrogens (tertiary/aromatic N) is 1. The maximum absolute atomic E-state index is 12.1. The van der Waals surface area contributed by atoms with Crippen molar-refractivity contribution in [3.63, 3.8) is 0 Å². The molecule has 0 saturated heterocycles. The molecule has 86 valence electrons. The first-order chi connectivity index (χ1) is 8.18. The number of rotatable bonds is 2. The molecule has 0 aromatic heterocycles. The third-order valence-electron chi connectivity index (χ3n) is 3.13. The molecule has 17 heavy (non-hydrogen) atoms. The lowest BCUT2D eigenvalue weighted by molar-refractivity contribution is -0.134. The van der Waals surface area contributed by atoms with Gasteiger partial charge in [-0.15, -0.1) is 0 Å². The summed E-state index contributed by atoms with van der Waals surface area (Å²) in [4.78, 5) is 24.7. The summed E-state index contributed by atoms with van der Waals surface area (Å²) in [7, 11) is 0. The molecule has 1 fully saturated rings. The van der Waals surface area contributed by atoms with Crippen molar-refractivity contribution in [2.45, 2.75) is 19.4 Å². The zero-order valence-electron chi connectivity index (χ0n) is 9.14. The Hall–Kier alpha value is -2.10. The molecule has 1 amide bonds. The van der Waals surface area contributed by atoms with Gasteiger partial charge in [-0.25, -0.2) is 4.79 Å². The minimum Gasteiger partial charge on any atom is -0.477 e. The maximum Gasteiger partial charge on any atom is 0.352 e. The average molecular weight is 229 g/mol. The summed E-state index contributed by atoms with van der Waals surface area (Å²) in [5.74, 6) is -1.20. The first kappa shape index (κ1) is 10.1. The van der Waals surface area contributed by atoms with Crippen molar-refractivity contribution >= 4 is 11.9 Å². The van der Waals surface area contributed by atoms with Crippen molar-refractivity contribution in [1.29, 1.82) is 0 Å². The van der Waals surface area contributed by atoms with Gasteiger partial charge in [-0.2, -0.15) is 0 Å². The third kappa shape index (κ3) is 1.53. The molecule has 1 heterocycles. The quantitative estimate of drug-likeness (QED) is 0.786. The van der Waals surface area contributed by atoms with Crippen molar-refractivity contribution in [3.8, 4) is 0 Å². The van der Waals surface area contributed by atoms with E-state index < -0.39 is 5.97 Å². The van der Waals surface area contributed by atoms with E-state index in [1.165, 1.54) is 4.90 Å². The van der Waals surface area contributed by atoms with Crippen LogP contribution < -0.4 is 0 Å². The molecule has 0 unspecified atom stereocenters. The first-order valence-electron chi connectivity index (χ1n) is 5.53. The topological polar surface area (TPSA) is 57.6 Å². The van der Waals surface area contributed by atoms with E-state index in [-0.39, 0.29) is 11.6 Å². The van der Waals surface area contributed by atoms with E-state index in [1.54, 1.807) is 12.1 Å². The van der Waals surface area contributed by atoms with Crippen LogP contribution in [0.2, 0.25) is 0 Å². The zero-order chi connectivity index (χ0) is 12.0. The van der Waals surface area contributed by atoms with E-state index in [9.17, 15) is 14.7 Å². The fourth-order valence-electron chi connectivity index (χ4n) is 2.19. The fourth-order valence-corrected chi connectivity index (χ4v) is 2.19. The minimum atomic E-state index is -1.00. The molecule has 1 aromatic carbocycles. The van der Waals surface area contributed by atoms with Crippen LogP contribution in [0, 0.1) is 0 Å². The Labute approximate surface area is 98.2 Å². The summed E-state index contributed by atoms with van der Waals surface area (Å²) < 4.78 is 0. The lowest BCUT2D eigenvalue weighted by atomic mass is 10.1. The smallest absolute Gasteiger partial charge is 0.352 e. The molecule has 0 atom stereocenters. The molecule has 1 saturated carbocycles. The Kier molecular flexibility index (Phi) is 2.04. The highest BCUT2D eigenvalue weighted by Gasteiger charge is 2.36. The third-order valence-corrected chi connectivity index (χ3v) is 3.13. The van der Waals surface area contributed by atoms with Crippen LogP contribution in [-0.4, -0.2) is 21.9 Å². The largest absolute Gasteiger partial charge is 0.477 e. The van der Waals surface area contributed by atoms with Crippen LogP contribution in [0.5, 0.6) is 0 Å². The summed E-state index contributed by atoms with van der Waals surface area (Å²) in [6.07, 6.45) is 1.59. The number of carboxylic acid groups (broad SMARTS) is 1. The van der Waals surface area contributed by atoms with Gasteiger partial charge in [0.1, 0.15) is 5.70 Å². The van der Waals surface area contributed by atoms with Gasteiger partial charge in [-0.05, 0) is 30.0 Å². The van der Waals surface area contributed by atoms with E-state index in [2.05, 4.69) is 0 Å². The summed E-state index contributed by atoms with van der Waals surface area (Å²) in [5, 5.41) is 9.19. The molecule has 1 aliphatic carbocycles. The lowest BCUT2D eigenvalue weighted by Crippen LogP contribution is -2.28. The zero-order valence-corrected chi connectivity index (χ0v) is 9.14. The second kappa shape index (κ2) is 3.45. The highest BCUT2D eigenvalue weighted by Crippen LogP contribution is 2.36. The molecule has 4 nitrogen and oxygen atoms in total. The van der Waals surface area contributed by atoms with Crippen LogP contribution in [0.15, 0.2) is 35.5 Å². The van der Waals surface area contributed by atoms with Gasteiger partial charge < -0.3 is 5.11 Å². The van der Waals surface area contributed by atoms with Crippen molar-refractivity contribution in [2.75, 3.05) is 0 Å². The van der Waals surface area contributed by atoms with Gasteiger partial charge in [0.2, 0.25) is 0 Å². The molecule has 2 aliphatic rings. The van der Waals surface area contributed by atoms with Crippen molar-refractivity contribution in [1.82, 2.24) is 4.90 Å². The fraction of sp³-hybridized carbons (Fsp3) is 0.231. The van der Waals surface area contributed by atoms with E-state index in [4.69, 9.17) is 0 Å². The number of amides is 1. The second-order valence-electron chi connectivity index (χ2n) is 4.31. The van der Waals surface area contributed by atoms with E-state index in [0.717, 1.165) is 24.0 Å². The monoisotopic (exact) mass is 229 g/mol. The standard InChI is InChI=1S/C13H11NO3/c15-12-10-4-2-1-3-9(10)7-14(12)11(13(16)17)8-5-6-8/h1-4H,5-7H2,(H,16,17). The molecule has 0 spiro atoms. The van der Waals surface area contributed by atoms with Gasteiger partial charge in [0.25, 0.3) is 5.91 Å². The van der Waals surface area contributed by atoms with Crippen LogP contribution in [-0.2, 0) is 11.3 Å². The summed E-state index contributed by atoms with van der Waals surface area (Å²) >= 11 is 0. The Morgan fingerprint density at radius 3 is 2.53 bits per heavy atom. The summed E-state index contributed by atoms with van der Waals surface area (Å²) in [6.45, 7) is 0.375. The number of benzene rings is 1. The second-order valence-corrected chi connectivity index (χ2v) is 4.31. The number of aliphatic carboxylic acids is 1. The number of hydrogen-bond acceptors (Lipinski definition) is 2. The van der Waals surface area contributed by atoms with Crippen molar-refractivity contribution < 1.29 is 14.7 Å². The van der Waals surface area contributed by atoms with E-state index in [1.807, 2.05) is 12.1 Å². The Morgan fingerprint density at radius 2 is 1.94 bits per heavy atom. The van der Waals surface area contributed by atoms with Gasteiger partial charge >= 0.3 is 5.97 Å².